The molecule has 4 N–H and O–H groups in total. The topological polar surface area (TPSA) is 107 Å². The number of anilines is 1. The van der Waals surface area contributed by atoms with E-state index in [1.807, 2.05) is 0 Å². The summed E-state index contributed by atoms with van der Waals surface area (Å²) in [4.78, 5) is -0.0198. The Balaban J connectivity index is 2.03. The fraction of sp³-hybridized carbons (Fsp3) is 0. The SMILES string of the molecule is O=S1(=O)Nc2ccc(O)cc2C1=Cc1cc(O)c(O)c2ccccc12. The summed E-state index contributed by atoms with van der Waals surface area (Å²) in [7, 11) is -3.80. The van der Waals surface area contributed by atoms with Gasteiger partial charge < -0.3 is 15.3 Å². The van der Waals surface area contributed by atoms with E-state index in [1.165, 1.54) is 30.3 Å². The number of fused-ring (bicyclic) bond motifs is 2. The average molecular weight is 355 g/mol. The van der Waals surface area contributed by atoms with E-state index in [0.29, 0.717) is 27.6 Å². The van der Waals surface area contributed by atoms with Crippen LogP contribution < -0.4 is 4.72 Å². The van der Waals surface area contributed by atoms with Gasteiger partial charge in [0.25, 0.3) is 10.0 Å². The van der Waals surface area contributed by atoms with Crippen molar-refractivity contribution in [3.63, 3.8) is 0 Å². The molecular formula is C18H13NO5S. The van der Waals surface area contributed by atoms with Crippen molar-refractivity contribution >= 4 is 37.5 Å². The summed E-state index contributed by atoms with van der Waals surface area (Å²) < 4.78 is 27.3. The lowest BCUT2D eigenvalue weighted by atomic mass is 10.0. The summed E-state index contributed by atoms with van der Waals surface area (Å²) in [6.07, 6.45) is 1.41. The van der Waals surface area contributed by atoms with E-state index in [0.717, 1.165) is 0 Å². The van der Waals surface area contributed by atoms with Crippen LogP contribution in [0.2, 0.25) is 0 Å². The largest absolute Gasteiger partial charge is 0.508 e. The second-order valence-corrected chi connectivity index (χ2v) is 7.37. The maximum atomic E-state index is 12.4. The summed E-state index contributed by atoms with van der Waals surface area (Å²) in [6, 6.07) is 12.4. The highest BCUT2D eigenvalue weighted by Gasteiger charge is 2.30. The molecule has 1 aliphatic heterocycles. The van der Waals surface area contributed by atoms with E-state index in [9.17, 15) is 23.7 Å². The van der Waals surface area contributed by atoms with E-state index in [-0.39, 0.29) is 22.2 Å². The highest BCUT2D eigenvalue weighted by Crippen LogP contribution is 2.42. The summed E-state index contributed by atoms with van der Waals surface area (Å²) in [5, 5.41) is 30.6. The van der Waals surface area contributed by atoms with Crippen molar-refractivity contribution < 1.29 is 23.7 Å². The quantitative estimate of drug-likeness (QED) is 0.396. The fourth-order valence-electron chi connectivity index (χ4n) is 2.96. The molecule has 0 aromatic heterocycles. The molecule has 3 aromatic carbocycles. The molecule has 0 saturated heterocycles. The van der Waals surface area contributed by atoms with Crippen molar-refractivity contribution in [1.29, 1.82) is 0 Å². The highest BCUT2D eigenvalue weighted by molar-refractivity contribution is 8.02. The Morgan fingerprint density at radius 2 is 1.64 bits per heavy atom. The zero-order valence-electron chi connectivity index (χ0n) is 12.8. The zero-order valence-corrected chi connectivity index (χ0v) is 13.6. The molecule has 0 spiro atoms. The first-order valence-corrected chi connectivity index (χ1v) is 8.87. The molecule has 0 amide bonds. The van der Waals surface area contributed by atoms with Gasteiger partial charge in [-0.1, -0.05) is 24.3 Å². The standard InChI is InChI=1S/C18H13NO5S/c20-11-5-6-15-14(9-11)17(25(23,24)19-15)8-10-7-16(21)18(22)13-4-2-1-3-12(10)13/h1-9,19-22H. The van der Waals surface area contributed by atoms with Crippen LogP contribution in [0.1, 0.15) is 11.1 Å². The molecule has 0 radical (unpaired) electrons. The summed E-state index contributed by atoms with van der Waals surface area (Å²) in [5.74, 6) is -0.657. The van der Waals surface area contributed by atoms with Gasteiger partial charge in [-0.3, -0.25) is 4.72 Å². The van der Waals surface area contributed by atoms with Crippen LogP contribution in [0.25, 0.3) is 21.8 Å². The van der Waals surface area contributed by atoms with Crippen LogP contribution in [0.4, 0.5) is 5.69 Å². The lowest BCUT2D eigenvalue weighted by molar-refractivity contribution is 0.408. The van der Waals surface area contributed by atoms with E-state index in [2.05, 4.69) is 4.72 Å². The molecule has 25 heavy (non-hydrogen) atoms. The molecule has 126 valence electrons. The van der Waals surface area contributed by atoms with Crippen molar-refractivity contribution in [2.24, 2.45) is 0 Å². The van der Waals surface area contributed by atoms with E-state index in [4.69, 9.17) is 0 Å². The van der Waals surface area contributed by atoms with Crippen LogP contribution in [0.3, 0.4) is 0 Å². The number of phenols is 3. The predicted octanol–water partition coefficient (Wildman–Crippen LogP) is 3.21. The summed E-state index contributed by atoms with van der Waals surface area (Å²) >= 11 is 0. The number of hydrogen-bond acceptors (Lipinski definition) is 5. The van der Waals surface area contributed by atoms with Gasteiger partial charge in [0.1, 0.15) is 5.75 Å². The minimum atomic E-state index is -3.80. The normalized spacial score (nSPS) is 16.7. The lowest BCUT2D eigenvalue weighted by Crippen LogP contribution is -2.05. The molecule has 4 rings (SSSR count). The Hall–Kier alpha value is -3.19. The van der Waals surface area contributed by atoms with Gasteiger partial charge in [-0.15, -0.1) is 0 Å². The van der Waals surface area contributed by atoms with E-state index in [1.54, 1.807) is 24.3 Å². The smallest absolute Gasteiger partial charge is 0.262 e. The Morgan fingerprint density at radius 3 is 2.40 bits per heavy atom. The number of rotatable bonds is 1. The predicted molar refractivity (Wildman–Crippen MR) is 95.8 cm³/mol. The van der Waals surface area contributed by atoms with Crippen LogP contribution in [0.15, 0.2) is 48.5 Å². The maximum Gasteiger partial charge on any atom is 0.262 e. The van der Waals surface area contributed by atoms with Crippen LogP contribution >= 0.6 is 0 Å². The second-order valence-electron chi connectivity index (χ2n) is 5.72. The van der Waals surface area contributed by atoms with Gasteiger partial charge in [0.05, 0.1) is 10.6 Å². The molecule has 1 heterocycles. The molecular weight excluding hydrogens is 342 g/mol. The molecule has 7 heteroatoms. The average Bonchev–Trinajstić information content (AvgIpc) is 2.82. The Morgan fingerprint density at radius 1 is 0.920 bits per heavy atom. The summed E-state index contributed by atoms with van der Waals surface area (Å²) in [6.45, 7) is 0. The third-order valence-electron chi connectivity index (χ3n) is 4.12. The Labute approximate surface area is 143 Å². The monoisotopic (exact) mass is 355 g/mol. The Kier molecular flexibility index (Phi) is 3.16. The molecule has 0 atom stereocenters. The van der Waals surface area contributed by atoms with Gasteiger partial charge in [0, 0.05) is 10.9 Å². The lowest BCUT2D eigenvalue weighted by Gasteiger charge is -2.08. The van der Waals surface area contributed by atoms with Gasteiger partial charge in [-0.2, -0.15) is 0 Å². The fourth-order valence-corrected chi connectivity index (χ4v) is 4.28. The van der Waals surface area contributed by atoms with Gasteiger partial charge in [0.15, 0.2) is 11.5 Å². The molecule has 3 aromatic rings. The molecule has 0 unspecified atom stereocenters. The molecule has 1 aliphatic rings. The van der Waals surface area contributed by atoms with E-state index < -0.39 is 10.0 Å². The number of sulfonamides is 1. The molecule has 0 bridgehead atoms. The van der Waals surface area contributed by atoms with Gasteiger partial charge in [0.2, 0.25) is 0 Å². The van der Waals surface area contributed by atoms with Crippen molar-refractivity contribution in [2.45, 2.75) is 0 Å². The number of hydrogen-bond donors (Lipinski definition) is 4. The van der Waals surface area contributed by atoms with Crippen molar-refractivity contribution in [1.82, 2.24) is 0 Å². The van der Waals surface area contributed by atoms with Gasteiger partial charge in [-0.05, 0) is 41.3 Å². The van der Waals surface area contributed by atoms with Gasteiger partial charge in [-0.25, -0.2) is 8.42 Å². The molecule has 6 nitrogen and oxygen atoms in total. The number of phenolic OH excluding ortho intramolecular Hbond substituents is 3. The zero-order chi connectivity index (χ0) is 17.8. The third kappa shape index (κ3) is 2.36. The van der Waals surface area contributed by atoms with Crippen molar-refractivity contribution in [3.8, 4) is 17.2 Å². The van der Waals surface area contributed by atoms with Crippen molar-refractivity contribution in [2.75, 3.05) is 4.72 Å². The molecule has 0 fully saturated rings. The number of nitrogens with one attached hydrogen (secondary N) is 1. The first kappa shape index (κ1) is 15.3. The second kappa shape index (κ2) is 5.15. The number of benzene rings is 3. The van der Waals surface area contributed by atoms with Crippen LogP contribution in [-0.2, 0) is 10.0 Å². The van der Waals surface area contributed by atoms with Crippen LogP contribution in [0, 0.1) is 0 Å². The van der Waals surface area contributed by atoms with Crippen molar-refractivity contribution in [3.05, 3.63) is 59.7 Å². The molecule has 0 saturated carbocycles. The maximum absolute atomic E-state index is 12.4. The van der Waals surface area contributed by atoms with Crippen LogP contribution in [0.5, 0.6) is 17.2 Å². The number of aromatic hydroxyl groups is 3. The molecule has 0 aliphatic carbocycles. The minimum absolute atomic E-state index is 0.0198. The first-order valence-electron chi connectivity index (χ1n) is 7.38. The minimum Gasteiger partial charge on any atom is -0.508 e. The third-order valence-corrected chi connectivity index (χ3v) is 5.52. The first-order chi connectivity index (χ1) is 11.9. The Bertz CT molecular complexity index is 1170. The van der Waals surface area contributed by atoms with E-state index >= 15 is 0 Å². The highest BCUT2D eigenvalue weighted by atomic mass is 32.2. The summed E-state index contributed by atoms with van der Waals surface area (Å²) in [5.41, 5.74) is 1.15. The van der Waals surface area contributed by atoms with Gasteiger partial charge >= 0.3 is 0 Å². The van der Waals surface area contributed by atoms with Crippen LogP contribution in [-0.4, -0.2) is 23.7 Å².